The third kappa shape index (κ3) is 4.30. The number of aromatic nitrogens is 2. The van der Waals surface area contributed by atoms with Gasteiger partial charge in [0.25, 0.3) is 10.0 Å². The molecule has 0 unspecified atom stereocenters. The monoisotopic (exact) mass is 364 g/mol. The molecule has 1 aromatic heterocycles. The fourth-order valence-electron chi connectivity index (χ4n) is 2.23. The van der Waals surface area contributed by atoms with E-state index in [0.29, 0.717) is 30.5 Å². The summed E-state index contributed by atoms with van der Waals surface area (Å²) in [6.07, 6.45) is 0. The van der Waals surface area contributed by atoms with E-state index in [4.69, 9.17) is 9.47 Å². The Morgan fingerprint density at radius 1 is 0.960 bits per heavy atom. The van der Waals surface area contributed by atoms with Crippen molar-refractivity contribution in [3.05, 3.63) is 30.3 Å². The molecule has 0 aliphatic carbocycles. The number of benzene rings is 1. The Morgan fingerprint density at radius 3 is 2.24 bits per heavy atom. The number of rotatable bonds is 4. The number of fused-ring (bicyclic) bond motifs is 1. The minimum Gasteiger partial charge on any atom is -0.486 e. The van der Waals surface area contributed by atoms with Crippen LogP contribution in [0.1, 0.15) is 20.8 Å². The van der Waals surface area contributed by atoms with Crippen molar-refractivity contribution >= 4 is 21.7 Å². The number of nitrogens with zero attached hydrogens (tertiary/aromatic N) is 2. The van der Waals surface area contributed by atoms with E-state index in [1.54, 1.807) is 18.2 Å². The number of nitrogens with one attached hydrogen (secondary N) is 2. The normalized spacial score (nSPS) is 14.0. The molecule has 0 saturated carbocycles. The quantitative estimate of drug-likeness (QED) is 0.858. The fraction of sp³-hybridized carbons (Fsp3) is 0.375. The van der Waals surface area contributed by atoms with Crippen molar-refractivity contribution in [1.82, 2.24) is 10.2 Å². The number of anilines is 2. The second kappa shape index (κ2) is 6.40. The molecule has 0 bridgehead atoms. The van der Waals surface area contributed by atoms with Gasteiger partial charge in [0.15, 0.2) is 17.3 Å². The molecule has 0 saturated heterocycles. The zero-order valence-electron chi connectivity index (χ0n) is 14.2. The molecule has 1 aliphatic rings. The first-order valence-electron chi connectivity index (χ1n) is 7.77. The molecule has 2 heterocycles. The van der Waals surface area contributed by atoms with Gasteiger partial charge in [-0.05, 0) is 45.0 Å². The minimum absolute atomic E-state index is 0.0652. The Bertz CT molecular complexity index is 861. The predicted molar refractivity (Wildman–Crippen MR) is 93.6 cm³/mol. The zero-order chi connectivity index (χ0) is 18.1. The summed E-state index contributed by atoms with van der Waals surface area (Å²) in [5.41, 5.74) is -0.166. The fourth-order valence-corrected chi connectivity index (χ4v) is 3.24. The SMILES string of the molecule is CC(C)(C)Nc1ccc(NS(=O)(=O)c2ccc3c(c2)OCCO3)nn1. The maximum Gasteiger partial charge on any atom is 0.263 e. The molecule has 8 nitrogen and oxygen atoms in total. The number of sulfonamides is 1. The van der Waals surface area contributed by atoms with E-state index in [2.05, 4.69) is 20.2 Å². The Balaban J connectivity index is 1.77. The lowest BCUT2D eigenvalue weighted by Crippen LogP contribution is -2.26. The van der Waals surface area contributed by atoms with E-state index in [1.807, 2.05) is 20.8 Å². The molecular weight excluding hydrogens is 344 g/mol. The molecule has 0 radical (unpaired) electrons. The molecule has 0 spiro atoms. The molecule has 0 amide bonds. The lowest BCUT2D eigenvalue weighted by atomic mass is 10.1. The predicted octanol–water partition coefficient (Wildman–Crippen LogP) is 2.26. The standard InChI is InChI=1S/C16H20N4O4S/c1-16(2,3)17-14-6-7-15(19-18-14)20-25(21,22)11-4-5-12-13(10-11)24-9-8-23-12/h4-7,10H,8-9H2,1-3H3,(H,17,18)(H,19,20). The lowest BCUT2D eigenvalue weighted by Gasteiger charge is -2.20. The molecule has 1 aromatic carbocycles. The van der Waals surface area contributed by atoms with Gasteiger partial charge in [-0.1, -0.05) is 0 Å². The van der Waals surface area contributed by atoms with Gasteiger partial charge in [-0.15, -0.1) is 10.2 Å². The molecule has 3 rings (SSSR count). The van der Waals surface area contributed by atoms with Crippen molar-refractivity contribution in [3.8, 4) is 11.5 Å². The van der Waals surface area contributed by atoms with Crippen molar-refractivity contribution in [2.75, 3.05) is 23.3 Å². The highest BCUT2D eigenvalue weighted by Gasteiger charge is 2.20. The number of hydrogen-bond acceptors (Lipinski definition) is 7. The Hall–Kier alpha value is -2.55. The third-order valence-electron chi connectivity index (χ3n) is 3.23. The van der Waals surface area contributed by atoms with Crippen LogP contribution < -0.4 is 19.5 Å². The second-order valence-electron chi connectivity index (χ2n) is 6.59. The van der Waals surface area contributed by atoms with Crippen LogP contribution in [0.5, 0.6) is 11.5 Å². The highest BCUT2D eigenvalue weighted by molar-refractivity contribution is 7.92. The van der Waals surface area contributed by atoms with E-state index < -0.39 is 10.0 Å². The Morgan fingerprint density at radius 2 is 1.60 bits per heavy atom. The highest BCUT2D eigenvalue weighted by atomic mass is 32.2. The van der Waals surface area contributed by atoms with E-state index in [0.717, 1.165) is 0 Å². The molecule has 2 N–H and O–H groups in total. The molecule has 1 aliphatic heterocycles. The summed E-state index contributed by atoms with van der Waals surface area (Å²) in [6.45, 7) is 6.81. The van der Waals surface area contributed by atoms with Crippen LogP contribution in [0.15, 0.2) is 35.2 Å². The van der Waals surface area contributed by atoms with Gasteiger partial charge in [0.1, 0.15) is 19.0 Å². The van der Waals surface area contributed by atoms with Crippen LogP contribution in [0.3, 0.4) is 0 Å². The van der Waals surface area contributed by atoms with E-state index >= 15 is 0 Å². The van der Waals surface area contributed by atoms with Crippen molar-refractivity contribution in [1.29, 1.82) is 0 Å². The van der Waals surface area contributed by atoms with Crippen LogP contribution in [-0.2, 0) is 10.0 Å². The molecule has 134 valence electrons. The number of hydrogen-bond donors (Lipinski definition) is 2. The van der Waals surface area contributed by atoms with Crippen molar-refractivity contribution in [2.24, 2.45) is 0 Å². The largest absolute Gasteiger partial charge is 0.486 e. The van der Waals surface area contributed by atoms with E-state index in [-0.39, 0.29) is 16.3 Å². The smallest absolute Gasteiger partial charge is 0.263 e. The van der Waals surface area contributed by atoms with Gasteiger partial charge < -0.3 is 14.8 Å². The number of ether oxygens (including phenoxy) is 2. The van der Waals surface area contributed by atoms with Gasteiger partial charge in [-0.25, -0.2) is 8.42 Å². The molecule has 0 fully saturated rings. The van der Waals surface area contributed by atoms with E-state index in [9.17, 15) is 8.42 Å². The summed E-state index contributed by atoms with van der Waals surface area (Å²) >= 11 is 0. The first-order chi connectivity index (χ1) is 11.7. The molecular formula is C16H20N4O4S. The first-order valence-corrected chi connectivity index (χ1v) is 9.26. The van der Waals surface area contributed by atoms with Gasteiger partial charge in [-0.2, -0.15) is 0 Å². The van der Waals surface area contributed by atoms with Crippen LogP contribution in [0.4, 0.5) is 11.6 Å². The van der Waals surface area contributed by atoms with Crippen molar-refractivity contribution in [3.63, 3.8) is 0 Å². The average Bonchev–Trinajstić information content (AvgIpc) is 2.55. The van der Waals surface area contributed by atoms with Crippen LogP contribution in [0, 0.1) is 0 Å². The Kier molecular flexibility index (Phi) is 4.42. The van der Waals surface area contributed by atoms with Crippen molar-refractivity contribution < 1.29 is 17.9 Å². The zero-order valence-corrected chi connectivity index (χ0v) is 15.1. The summed E-state index contributed by atoms with van der Waals surface area (Å²) in [6, 6.07) is 7.68. The molecule has 25 heavy (non-hydrogen) atoms. The van der Waals surface area contributed by atoms with Crippen LogP contribution in [0.25, 0.3) is 0 Å². The van der Waals surface area contributed by atoms with Crippen molar-refractivity contribution in [2.45, 2.75) is 31.2 Å². The summed E-state index contributed by atoms with van der Waals surface area (Å²) in [4.78, 5) is 0.0652. The third-order valence-corrected chi connectivity index (χ3v) is 4.58. The van der Waals surface area contributed by atoms with Gasteiger partial charge in [0, 0.05) is 11.6 Å². The first kappa shape index (κ1) is 17.3. The Labute approximate surface area is 146 Å². The van der Waals surface area contributed by atoms with Gasteiger partial charge >= 0.3 is 0 Å². The lowest BCUT2D eigenvalue weighted by molar-refractivity contribution is 0.171. The average molecular weight is 364 g/mol. The van der Waals surface area contributed by atoms with Crippen LogP contribution >= 0.6 is 0 Å². The molecule has 2 aromatic rings. The summed E-state index contributed by atoms with van der Waals surface area (Å²) < 4.78 is 38.2. The van der Waals surface area contributed by atoms with Gasteiger partial charge in [-0.3, -0.25) is 4.72 Å². The minimum atomic E-state index is -3.80. The van der Waals surface area contributed by atoms with E-state index in [1.165, 1.54) is 12.1 Å². The summed E-state index contributed by atoms with van der Waals surface area (Å²) in [5, 5.41) is 11.0. The maximum atomic E-state index is 12.5. The second-order valence-corrected chi connectivity index (χ2v) is 8.27. The molecule has 0 atom stereocenters. The summed E-state index contributed by atoms with van der Waals surface area (Å²) in [5.74, 6) is 1.64. The van der Waals surface area contributed by atoms with Crippen LogP contribution in [-0.4, -0.2) is 37.4 Å². The van der Waals surface area contributed by atoms with Crippen LogP contribution in [0.2, 0.25) is 0 Å². The highest BCUT2D eigenvalue weighted by Crippen LogP contribution is 2.32. The van der Waals surface area contributed by atoms with Gasteiger partial charge in [0.2, 0.25) is 0 Å². The van der Waals surface area contributed by atoms with Gasteiger partial charge in [0.05, 0.1) is 4.90 Å². The maximum absolute atomic E-state index is 12.5. The summed E-state index contributed by atoms with van der Waals surface area (Å²) in [7, 11) is -3.80. The molecule has 9 heteroatoms. The topological polar surface area (TPSA) is 102 Å².